The summed E-state index contributed by atoms with van der Waals surface area (Å²) in [6.45, 7) is 1.77. The van der Waals surface area contributed by atoms with Crippen LogP contribution in [0.4, 0.5) is 16.0 Å². The Kier molecular flexibility index (Phi) is 7.36. The summed E-state index contributed by atoms with van der Waals surface area (Å²) in [5.41, 5.74) is 0.295. The first-order valence-electron chi connectivity index (χ1n) is 9.55. The number of nitrogens with one attached hydrogen (secondary N) is 4. The average Bonchev–Trinajstić information content (AvgIpc) is 3.36. The number of amides is 1. The maximum absolute atomic E-state index is 12.7. The summed E-state index contributed by atoms with van der Waals surface area (Å²) in [4.78, 5) is 25.0. The van der Waals surface area contributed by atoms with Crippen LogP contribution in [0.3, 0.4) is 0 Å². The number of hydrogen-bond donors (Lipinski definition) is 4. The first-order valence-corrected chi connectivity index (χ1v) is 10.4. The Morgan fingerprint density at radius 1 is 1.29 bits per heavy atom. The van der Waals surface area contributed by atoms with Crippen molar-refractivity contribution in [1.29, 1.82) is 5.41 Å². The third kappa shape index (κ3) is 5.47. The van der Waals surface area contributed by atoms with Crippen molar-refractivity contribution in [2.75, 3.05) is 30.2 Å². The Bertz CT molecular complexity index is 1030. The minimum atomic E-state index is -0.767. The third-order valence-corrected chi connectivity index (χ3v) is 5.47. The van der Waals surface area contributed by atoms with E-state index in [1.54, 1.807) is 20.1 Å². The van der Waals surface area contributed by atoms with Gasteiger partial charge in [-0.3, -0.25) is 10.1 Å². The molecule has 3 rings (SSSR count). The van der Waals surface area contributed by atoms with E-state index in [0.717, 1.165) is 36.8 Å². The van der Waals surface area contributed by atoms with E-state index in [-0.39, 0.29) is 28.8 Å². The van der Waals surface area contributed by atoms with Gasteiger partial charge in [-0.05, 0) is 32.3 Å². The molecule has 2 heterocycles. The molecule has 1 aliphatic rings. The van der Waals surface area contributed by atoms with Gasteiger partial charge >= 0.3 is 5.63 Å². The van der Waals surface area contributed by atoms with Crippen LogP contribution in [0.2, 0.25) is 0 Å². The van der Waals surface area contributed by atoms with Gasteiger partial charge in [0.2, 0.25) is 16.0 Å². The van der Waals surface area contributed by atoms with Gasteiger partial charge in [-0.2, -0.15) is 0 Å². The predicted molar refractivity (Wildman–Crippen MR) is 118 cm³/mol. The number of rotatable bonds is 9. The fourth-order valence-electron chi connectivity index (χ4n) is 3.29. The molecular weight excluding hydrogens is 424 g/mol. The lowest BCUT2D eigenvalue weighted by atomic mass is 10.2. The Labute approximate surface area is 182 Å². The monoisotopic (exact) mass is 448 g/mol. The van der Waals surface area contributed by atoms with E-state index in [2.05, 4.69) is 26.1 Å². The zero-order chi connectivity index (χ0) is 22.4. The molecule has 0 unspecified atom stereocenters. The van der Waals surface area contributed by atoms with Crippen LogP contribution < -0.4 is 26.3 Å². The number of carbonyl (C=O) groups is 1. The molecule has 1 fully saturated rings. The molecule has 11 nitrogen and oxygen atoms in total. The number of anilines is 3. The summed E-state index contributed by atoms with van der Waals surface area (Å²) in [6.07, 6.45) is 5.48. The number of aromatic nitrogens is 2. The second-order valence-electron chi connectivity index (χ2n) is 6.81. The summed E-state index contributed by atoms with van der Waals surface area (Å²) in [5.74, 6) is -0.842. The van der Waals surface area contributed by atoms with Crippen molar-refractivity contribution in [2.24, 2.45) is 0 Å². The zero-order valence-electron chi connectivity index (χ0n) is 17.4. The maximum Gasteiger partial charge on any atom is 0.381 e. The molecule has 166 valence electrons. The van der Waals surface area contributed by atoms with Crippen LogP contribution in [0.1, 0.15) is 36.7 Å². The van der Waals surface area contributed by atoms with Gasteiger partial charge in [0.15, 0.2) is 5.76 Å². The maximum atomic E-state index is 12.7. The van der Waals surface area contributed by atoms with Gasteiger partial charge in [0.25, 0.3) is 5.91 Å². The smallest absolute Gasteiger partial charge is 0.381 e. The van der Waals surface area contributed by atoms with Gasteiger partial charge in [-0.15, -0.1) is 10.2 Å². The highest BCUT2D eigenvalue weighted by molar-refractivity contribution is 7.19. The minimum absolute atomic E-state index is 0.00540. The zero-order valence-corrected chi connectivity index (χ0v) is 18.2. The number of methoxy groups -OCH3 is 2. The Morgan fingerprint density at radius 2 is 2.03 bits per heavy atom. The van der Waals surface area contributed by atoms with E-state index >= 15 is 0 Å². The summed E-state index contributed by atoms with van der Waals surface area (Å²) >= 11 is 1.10. The number of allylic oxidation sites excluding steroid dienone is 2. The average molecular weight is 449 g/mol. The molecule has 0 aliphatic heterocycles. The molecule has 2 aromatic heterocycles. The quantitative estimate of drug-likeness (QED) is 0.424. The molecule has 12 heteroatoms. The van der Waals surface area contributed by atoms with Crippen LogP contribution in [0.15, 0.2) is 27.1 Å². The molecular formula is C19H24N6O5S. The third-order valence-electron chi connectivity index (χ3n) is 4.72. The van der Waals surface area contributed by atoms with Crippen LogP contribution in [0.25, 0.3) is 0 Å². The van der Waals surface area contributed by atoms with Crippen molar-refractivity contribution in [3.05, 3.63) is 34.0 Å². The molecule has 1 aliphatic carbocycles. The molecule has 1 saturated carbocycles. The lowest BCUT2D eigenvalue weighted by Gasteiger charge is -2.21. The highest BCUT2D eigenvalue weighted by Gasteiger charge is 2.29. The summed E-state index contributed by atoms with van der Waals surface area (Å²) in [7, 11) is 3.01. The van der Waals surface area contributed by atoms with Gasteiger partial charge in [0.05, 0.1) is 24.9 Å². The summed E-state index contributed by atoms with van der Waals surface area (Å²) in [5, 5.41) is 24.3. The lowest BCUT2D eigenvalue weighted by molar-refractivity contribution is 0.0990. The summed E-state index contributed by atoms with van der Waals surface area (Å²) < 4.78 is 15.8. The van der Waals surface area contributed by atoms with E-state index in [1.165, 1.54) is 13.2 Å². The van der Waals surface area contributed by atoms with Crippen molar-refractivity contribution in [3.8, 4) is 5.75 Å². The van der Waals surface area contributed by atoms with Crippen LogP contribution in [-0.2, 0) is 4.74 Å². The molecule has 0 aromatic carbocycles. The molecule has 4 N–H and O–H groups in total. The van der Waals surface area contributed by atoms with E-state index in [1.807, 2.05) is 0 Å². The van der Waals surface area contributed by atoms with Gasteiger partial charge in [0.1, 0.15) is 0 Å². The summed E-state index contributed by atoms with van der Waals surface area (Å²) in [6, 6.07) is 1.42. The van der Waals surface area contributed by atoms with Gasteiger partial charge in [0, 0.05) is 25.1 Å². The molecule has 0 radical (unpaired) electrons. The van der Waals surface area contributed by atoms with Crippen molar-refractivity contribution < 1.29 is 18.7 Å². The van der Waals surface area contributed by atoms with Crippen molar-refractivity contribution >= 4 is 39.4 Å². The SMILES string of the molecule is COc1c(N[C@H]2CCC[C@H]2OC)cc(C(=O)Nc2nnc(N/C(C)=C\C=N)s2)oc1=O. The number of hydrogen-bond acceptors (Lipinski definition) is 11. The van der Waals surface area contributed by atoms with Crippen molar-refractivity contribution in [2.45, 2.75) is 38.3 Å². The molecule has 31 heavy (non-hydrogen) atoms. The van der Waals surface area contributed by atoms with Crippen LogP contribution in [0, 0.1) is 5.41 Å². The fraction of sp³-hybridized carbons (Fsp3) is 0.421. The molecule has 0 spiro atoms. The van der Waals surface area contributed by atoms with E-state index in [9.17, 15) is 9.59 Å². The highest BCUT2D eigenvalue weighted by Crippen LogP contribution is 2.29. The number of ether oxygens (including phenoxy) is 2. The van der Waals surface area contributed by atoms with E-state index in [0.29, 0.717) is 16.5 Å². The van der Waals surface area contributed by atoms with Crippen LogP contribution in [-0.4, -0.2) is 48.7 Å². The highest BCUT2D eigenvalue weighted by atomic mass is 32.1. The molecule has 2 atom stereocenters. The van der Waals surface area contributed by atoms with Crippen molar-refractivity contribution in [1.82, 2.24) is 10.2 Å². The first-order chi connectivity index (χ1) is 14.9. The topological polar surface area (TPSA) is 151 Å². The standard InChI is InChI=1S/C19H24N6O5S/c1-10(7-8-20)21-18-24-25-19(31-18)23-16(26)14-9-12(15(29-3)17(27)30-14)22-11-5-4-6-13(11)28-2/h7-9,11,13,20,22H,4-6H2,1-3H3,(H,21,24)(H,23,25,26)/b10-7-,20-8?/t11-,13+/m0/s1. The van der Waals surface area contributed by atoms with Crippen LogP contribution >= 0.6 is 11.3 Å². The lowest BCUT2D eigenvalue weighted by Crippen LogP contribution is -2.30. The number of carbonyl (C=O) groups excluding carboxylic acids is 1. The van der Waals surface area contributed by atoms with E-state index < -0.39 is 11.5 Å². The second-order valence-corrected chi connectivity index (χ2v) is 7.79. The van der Waals surface area contributed by atoms with Crippen LogP contribution in [0.5, 0.6) is 5.75 Å². The van der Waals surface area contributed by atoms with E-state index in [4.69, 9.17) is 19.3 Å². The Hall–Kier alpha value is -3.25. The first kappa shape index (κ1) is 22.4. The molecule has 1 amide bonds. The Balaban J connectivity index is 1.77. The minimum Gasteiger partial charge on any atom is -0.488 e. The Morgan fingerprint density at radius 3 is 2.71 bits per heavy atom. The second kappa shape index (κ2) is 10.2. The molecule has 2 aromatic rings. The predicted octanol–water partition coefficient (Wildman–Crippen LogP) is 2.70. The fourth-order valence-corrected chi connectivity index (χ4v) is 3.99. The molecule has 0 bridgehead atoms. The number of nitrogens with zero attached hydrogens (tertiary/aromatic N) is 2. The largest absolute Gasteiger partial charge is 0.488 e. The van der Waals surface area contributed by atoms with Gasteiger partial charge < -0.3 is 29.9 Å². The van der Waals surface area contributed by atoms with Crippen molar-refractivity contribution in [3.63, 3.8) is 0 Å². The molecule has 0 saturated heterocycles. The normalized spacial score (nSPS) is 18.5. The van der Waals surface area contributed by atoms with Gasteiger partial charge in [-0.25, -0.2) is 4.79 Å². The van der Waals surface area contributed by atoms with Gasteiger partial charge in [-0.1, -0.05) is 11.3 Å².